The maximum absolute atomic E-state index is 13.5. The number of likely N-dealkylation sites (tertiary alicyclic amines) is 1. The first kappa shape index (κ1) is 15.6. The highest BCUT2D eigenvalue weighted by molar-refractivity contribution is 6.06. The summed E-state index contributed by atoms with van der Waals surface area (Å²) in [4.78, 5) is 20.3. The van der Waals surface area contributed by atoms with Crippen molar-refractivity contribution in [1.29, 1.82) is 0 Å². The maximum Gasteiger partial charge on any atom is 0.254 e. The van der Waals surface area contributed by atoms with Crippen molar-refractivity contribution in [1.82, 2.24) is 19.7 Å². The normalized spacial score (nSPS) is 20.0. The molecule has 26 heavy (non-hydrogen) atoms. The minimum Gasteiger partial charge on any atom is -0.334 e. The van der Waals surface area contributed by atoms with Gasteiger partial charge in [-0.1, -0.05) is 18.2 Å². The van der Waals surface area contributed by atoms with Gasteiger partial charge in [-0.2, -0.15) is 5.10 Å². The summed E-state index contributed by atoms with van der Waals surface area (Å²) in [5.74, 6) is 0.671. The first-order valence-corrected chi connectivity index (χ1v) is 9.48. The molecule has 5 heteroatoms. The van der Waals surface area contributed by atoms with Gasteiger partial charge in [-0.25, -0.2) is 0 Å². The molecule has 0 N–H and O–H groups in total. The molecule has 0 radical (unpaired) electrons. The molecular formula is C21H22N4O. The summed E-state index contributed by atoms with van der Waals surface area (Å²) in [7, 11) is 0. The van der Waals surface area contributed by atoms with Crippen LogP contribution in [0.15, 0.2) is 48.8 Å². The minimum atomic E-state index is 0.139. The lowest BCUT2D eigenvalue weighted by Crippen LogP contribution is -2.38. The molecule has 0 spiro atoms. The van der Waals surface area contributed by atoms with Crippen molar-refractivity contribution in [3.8, 4) is 0 Å². The summed E-state index contributed by atoms with van der Waals surface area (Å²) in [5.41, 5.74) is 2.82. The third-order valence-electron chi connectivity index (χ3n) is 5.56. The van der Waals surface area contributed by atoms with E-state index in [1.807, 2.05) is 52.2 Å². The Morgan fingerprint density at radius 3 is 2.85 bits per heavy atom. The van der Waals surface area contributed by atoms with Gasteiger partial charge < -0.3 is 4.90 Å². The van der Waals surface area contributed by atoms with E-state index < -0.39 is 0 Å². The zero-order valence-corrected chi connectivity index (χ0v) is 14.7. The fourth-order valence-corrected chi connectivity index (χ4v) is 4.03. The van der Waals surface area contributed by atoms with Gasteiger partial charge in [0.25, 0.3) is 5.91 Å². The van der Waals surface area contributed by atoms with Gasteiger partial charge in [0, 0.05) is 35.9 Å². The second kappa shape index (κ2) is 6.24. The molecular weight excluding hydrogens is 324 g/mol. The van der Waals surface area contributed by atoms with E-state index in [9.17, 15) is 4.79 Å². The Hall–Kier alpha value is -2.69. The Morgan fingerprint density at radius 1 is 1.15 bits per heavy atom. The van der Waals surface area contributed by atoms with Gasteiger partial charge in [0.2, 0.25) is 0 Å². The lowest BCUT2D eigenvalue weighted by Gasteiger charge is -2.25. The van der Waals surface area contributed by atoms with Crippen LogP contribution < -0.4 is 0 Å². The number of hydrogen-bond donors (Lipinski definition) is 0. The molecule has 5 nitrogen and oxygen atoms in total. The Balaban J connectivity index is 1.51. The van der Waals surface area contributed by atoms with Crippen LogP contribution in [0, 0.1) is 0 Å². The van der Waals surface area contributed by atoms with Crippen LogP contribution in [0.1, 0.15) is 47.7 Å². The summed E-state index contributed by atoms with van der Waals surface area (Å²) in [6.07, 6.45) is 8.21. The van der Waals surface area contributed by atoms with Crippen molar-refractivity contribution in [2.45, 2.75) is 44.2 Å². The van der Waals surface area contributed by atoms with Crippen LogP contribution in [0.5, 0.6) is 0 Å². The first-order chi connectivity index (χ1) is 12.8. The van der Waals surface area contributed by atoms with Crippen molar-refractivity contribution in [3.63, 3.8) is 0 Å². The molecule has 1 aliphatic heterocycles. The summed E-state index contributed by atoms with van der Waals surface area (Å²) in [6, 6.07) is 12.2. The average molecular weight is 346 g/mol. The van der Waals surface area contributed by atoms with E-state index in [1.54, 1.807) is 6.20 Å². The summed E-state index contributed by atoms with van der Waals surface area (Å²) < 4.78 is 1.93. The van der Waals surface area contributed by atoms with Crippen molar-refractivity contribution in [3.05, 3.63) is 60.0 Å². The van der Waals surface area contributed by atoms with Crippen LogP contribution >= 0.6 is 0 Å². The van der Waals surface area contributed by atoms with Crippen LogP contribution in [0.2, 0.25) is 0 Å². The lowest BCUT2D eigenvalue weighted by atomic mass is 10.0. The number of carbonyl (C=O) groups excluding carboxylic acids is 1. The van der Waals surface area contributed by atoms with Crippen molar-refractivity contribution in [2.24, 2.45) is 0 Å². The molecule has 1 saturated carbocycles. The molecule has 1 atom stereocenters. The Morgan fingerprint density at radius 2 is 2.04 bits per heavy atom. The number of rotatable bonds is 4. The third-order valence-corrected chi connectivity index (χ3v) is 5.56. The molecule has 0 unspecified atom stereocenters. The minimum absolute atomic E-state index is 0.139. The molecule has 1 saturated heterocycles. The predicted molar refractivity (Wildman–Crippen MR) is 100 cm³/mol. The molecule has 2 aromatic heterocycles. The van der Waals surface area contributed by atoms with Gasteiger partial charge in [-0.3, -0.25) is 14.5 Å². The largest absolute Gasteiger partial charge is 0.334 e. The molecule has 5 rings (SSSR count). The predicted octanol–water partition coefficient (Wildman–Crippen LogP) is 3.61. The Labute approximate surface area is 152 Å². The second-order valence-electron chi connectivity index (χ2n) is 7.41. The topological polar surface area (TPSA) is 51.0 Å². The Kier molecular flexibility index (Phi) is 3.73. The van der Waals surface area contributed by atoms with Crippen LogP contribution in [0.3, 0.4) is 0 Å². The second-order valence-corrected chi connectivity index (χ2v) is 7.41. The summed E-state index contributed by atoms with van der Waals surface area (Å²) in [5, 5.41) is 5.27. The van der Waals surface area contributed by atoms with E-state index in [0.29, 0.717) is 5.92 Å². The molecule has 0 bridgehead atoms. The van der Waals surface area contributed by atoms with Gasteiger partial charge in [-0.05, 0) is 43.9 Å². The molecule has 1 amide bonds. The fraction of sp³-hybridized carbons (Fsp3) is 0.381. The van der Waals surface area contributed by atoms with Crippen LogP contribution in [0.25, 0.3) is 10.9 Å². The zero-order valence-electron chi connectivity index (χ0n) is 14.7. The molecule has 3 aromatic rings. The SMILES string of the molecule is O=C(c1cc(C2CC2)nc2ccccc12)N1CCC[C@@H]1Cn1cccn1. The average Bonchev–Trinajstić information content (AvgIpc) is 3.21. The van der Waals surface area contributed by atoms with Gasteiger partial charge in [0.05, 0.1) is 23.7 Å². The van der Waals surface area contributed by atoms with Crippen LogP contribution in [-0.2, 0) is 6.54 Å². The number of nitrogens with zero attached hydrogens (tertiary/aromatic N) is 4. The molecule has 132 valence electrons. The highest BCUT2D eigenvalue weighted by atomic mass is 16.2. The van der Waals surface area contributed by atoms with Crippen molar-refractivity contribution >= 4 is 16.8 Å². The molecule has 2 aliphatic rings. The standard InChI is InChI=1S/C21H22N4O/c26-21(25-12-3-5-16(25)14-24-11-4-10-22-24)18-13-20(15-8-9-15)23-19-7-2-1-6-17(18)19/h1-2,4,6-7,10-11,13,15-16H,3,5,8-9,12,14H2/t16-/m1/s1. The molecule has 3 heterocycles. The van der Waals surface area contributed by atoms with E-state index in [-0.39, 0.29) is 11.9 Å². The highest BCUT2D eigenvalue weighted by Crippen LogP contribution is 2.40. The van der Waals surface area contributed by atoms with E-state index in [1.165, 1.54) is 12.8 Å². The number of fused-ring (bicyclic) bond motifs is 1. The number of para-hydroxylation sites is 1. The number of pyridine rings is 1. The quantitative estimate of drug-likeness (QED) is 0.725. The zero-order chi connectivity index (χ0) is 17.5. The number of benzene rings is 1. The van der Waals surface area contributed by atoms with Crippen LogP contribution in [-0.4, -0.2) is 38.2 Å². The number of aromatic nitrogens is 3. The van der Waals surface area contributed by atoms with Crippen LogP contribution in [0.4, 0.5) is 0 Å². The first-order valence-electron chi connectivity index (χ1n) is 9.48. The highest BCUT2D eigenvalue weighted by Gasteiger charge is 2.32. The molecule has 2 fully saturated rings. The lowest BCUT2D eigenvalue weighted by molar-refractivity contribution is 0.0723. The van der Waals surface area contributed by atoms with Crippen molar-refractivity contribution < 1.29 is 4.79 Å². The Bertz CT molecular complexity index is 946. The fourth-order valence-electron chi connectivity index (χ4n) is 4.03. The molecule has 1 aliphatic carbocycles. The van der Waals surface area contributed by atoms with Gasteiger partial charge in [-0.15, -0.1) is 0 Å². The van der Waals surface area contributed by atoms with E-state index in [0.717, 1.165) is 48.1 Å². The van der Waals surface area contributed by atoms with E-state index >= 15 is 0 Å². The number of hydrogen-bond acceptors (Lipinski definition) is 3. The van der Waals surface area contributed by atoms with E-state index in [2.05, 4.69) is 5.10 Å². The monoisotopic (exact) mass is 346 g/mol. The summed E-state index contributed by atoms with van der Waals surface area (Å²) >= 11 is 0. The van der Waals surface area contributed by atoms with Gasteiger partial charge in [0.1, 0.15) is 0 Å². The number of carbonyl (C=O) groups is 1. The third kappa shape index (κ3) is 2.77. The van der Waals surface area contributed by atoms with E-state index in [4.69, 9.17) is 4.98 Å². The smallest absolute Gasteiger partial charge is 0.254 e. The number of amides is 1. The van der Waals surface area contributed by atoms with Crippen molar-refractivity contribution in [2.75, 3.05) is 6.54 Å². The maximum atomic E-state index is 13.5. The van der Waals surface area contributed by atoms with Gasteiger partial charge >= 0.3 is 0 Å². The van der Waals surface area contributed by atoms with Gasteiger partial charge in [0.15, 0.2) is 0 Å². The molecule has 1 aromatic carbocycles. The summed E-state index contributed by atoms with van der Waals surface area (Å²) in [6.45, 7) is 1.58.